The maximum absolute atomic E-state index is 12.2. The number of anilines is 2. The second kappa shape index (κ2) is 7.32. The molecular formula is C18H18N6O3. The molecule has 9 heteroatoms. The number of tetrazole rings is 1. The largest absolute Gasteiger partial charge is 0.486 e. The van der Waals surface area contributed by atoms with Gasteiger partial charge in [0.2, 0.25) is 5.91 Å². The normalized spacial score (nSPS) is 12.5. The number of amides is 1. The molecule has 0 bridgehead atoms. The monoisotopic (exact) mass is 366 g/mol. The average molecular weight is 366 g/mol. The van der Waals surface area contributed by atoms with Crippen molar-refractivity contribution in [2.75, 3.05) is 30.4 Å². The van der Waals surface area contributed by atoms with Gasteiger partial charge >= 0.3 is 0 Å². The summed E-state index contributed by atoms with van der Waals surface area (Å²) in [7, 11) is 1.77. The summed E-state index contributed by atoms with van der Waals surface area (Å²) in [6.45, 7) is 1.16. The van der Waals surface area contributed by atoms with Gasteiger partial charge < -0.3 is 20.1 Å². The van der Waals surface area contributed by atoms with Crippen LogP contribution in [-0.4, -0.2) is 45.9 Å². The first kappa shape index (κ1) is 16.8. The zero-order valence-corrected chi connectivity index (χ0v) is 14.7. The van der Waals surface area contributed by atoms with Gasteiger partial charge in [0, 0.05) is 30.1 Å². The molecule has 1 aliphatic heterocycles. The van der Waals surface area contributed by atoms with E-state index in [1.165, 1.54) is 0 Å². The number of nitrogens with zero attached hydrogens (tertiary/aromatic N) is 4. The van der Waals surface area contributed by atoms with Crippen LogP contribution >= 0.6 is 0 Å². The molecule has 9 nitrogen and oxygen atoms in total. The van der Waals surface area contributed by atoms with Crippen molar-refractivity contribution in [3.05, 3.63) is 42.5 Å². The van der Waals surface area contributed by atoms with E-state index in [0.717, 1.165) is 11.3 Å². The van der Waals surface area contributed by atoms with Crippen LogP contribution in [-0.2, 0) is 11.8 Å². The van der Waals surface area contributed by atoms with Crippen molar-refractivity contribution >= 4 is 17.3 Å². The Labute approximate surface area is 155 Å². The van der Waals surface area contributed by atoms with Gasteiger partial charge in [0.25, 0.3) is 0 Å². The summed E-state index contributed by atoms with van der Waals surface area (Å²) in [5, 5.41) is 17.4. The van der Waals surface area contributed by atoms with Crippen molar-refractivity contribution in [1.29, 1.82) is 0 Å². The fourth-order valence-electron chi connectivity index (χ4n) is 2.75. The number of nitrogens with one attached hydrogen (secondary N) is 2. The number of carbonyl (C=O) groups is 1. The van der Waals surface area contributed by atoms with Crippen LogP contribution < -0.4 is 20.1 Å². The second-order valence-corrected chi connectivity index (χ2v) is 5.97. The number of rotatable bonds is 5. The van der Waals surface area contributed by atoms with Gasteiger partial charge in [-0.3, -0.25) is 4.79 Å². The number of fused-ring (bicyclic) bond motifs is 1. The van der Waals surface area contributed by atoms with Crippen LogP contribution in [0.25, 0.3) is 11.4 Å². The summed E-state index contributed by atoms with van der Waals surface area (Å²) in [4.78, 5) is 12.2. The van der Waals surface area contributed by atoms with Gasteiger partial charge in [-0.25, -0.2) is 4.68 Å². The van der Waals surface area contributed by atoms with E-state index in [4.69, 9.17) is 9.47 Å². The first-order valence-electron chi connectivity index (χ1n) is 8.45. The molecule has 2 aromatic carbocycles. The quantitative estimate of drug-likeness (QED) is 0.708. The number of carbonyl (C=O) groups excluding carboxylic acids is 1. The van der Waals surface area contributed by atoms with E-state index in [2.05, 4.69) is 26.2 Å². The van der Waals surface area contributed by atoms with E-state index in [1.54, 1.807) is 29.9 Å². The lowest BCUT2D eigenvalue weighted by Gasteiger charge is -2.19. The minimum absolute atomic E-state index is 0.120. The molecule has 0 unspecified atom stereocenters. The minimum atomic E-state index is -0.169. The summed E-state index contributed by atoms with van der Waals surface area (Å²) >= 11 is 0. The molecule has 2 heterocycles. The van der Waals surface area contributed by atoms with Crippen molar-refractivity contribution < 1.29 is 14.3 Å². The van der Waals surface area contributed by atoms with Gasteiger partial charge in [-0.15, -0.1) is 5.10 Å². The average Bonchev–Trinajstić information content (AvgIpc) is 3.12. The highest BCUT2D eigenvalue weighted by Gasteiger charge is 2.13. The van der Waals surface area contributed by atoms with Crippen LogP contribution in [0.3, 0.4) is 0 Å². The van der Waals surface area contributed by atoms with Crippen molar-refractivity contribution in [1.82, 2.24) is 20.2 Å². The maximum Gasteiger partial charge on any atom is 0.243 e. The summed E-state index contributed by atoms with van der Waals surface area (Å²) in [6.07, 6.45) is 0. The lowest BCUT2D eigenvalue weighted by molar-refractivity contribution is -0.114. The third-order valence-electron chi connectivity index (χ3n) is 4.02. The molecule has 27 heavy (non-hydrogen) atoms. The number of aromatic nitrogens is 4. The molecule has 1 amide bonds. The van der Waals surface area contributed by atoms with Crippen LogP contribution in [0.5, 0.6) is 11.5 Å². The summed E-state index contributed by atoms with van der Waals surface area (Å²) < 4.78 is 12.6. The molecule has 1 aliphatic rings. The Morgan fingerprint density at radius 3 is 2.78 bits per heavy atom. The number of hydrogen-bond acceptors (Lipinski definition) is 7. The Morgan fingerprint density at radius 2 is 1.96 bits per heavy atom. The SMILES string of the molecule is Cn1nnnc1-c1cccc(NCC(=O)Nc2ccc3c(c2)OCCO3)c1. The molecule has 0 saturated carbocycles. The third-order valence-corrected chi connectivity index (χ3v) is 4.02. The standard InChI is InChI=1S/C18H18N6O3/c1-24-18(21-22-23-24)12-3-2-4-13(9-12)19-11-17(25)20-14-5-6-15-16(10-14)27-8-7-26-15/h2-6,9-10,19H,7-8,11H2,1H3,(H,20,25). The first-order chi connectivity index (χ1) is 13.2. The molecule has 0 saturated heterocycles. The molecule has 2 N–H and O–H groups in total. The van der Waals surface area contributed by atoms with Crippen LogP contribution in [0, 0.1) is 0 Å². The van der Waals surface area contributed by atoms with E-state index >= 15 is 0 Å². The number of benzene rings is 2. The van der Waals surface area contributed by atoms with Gasteiger partial charge in [-0.05, 0) is 34.7 Å². The van der Waals surface area contributed by atoms with E-state index in [-0.39, 0.29) is 12.5 Å². The topological polar surface area (TPSA) is 103 Å². The van der Waals surface area contributed by atoms with Crippen molar-refractivity contribution in [3.8, 4) is 22.9 Å². The summed E-state index contributed by atoms with van der Waals surface area (Å²) in [5.74, 6) is 1.81. The van der Waals surface area contributed by atoms with Crippen LogP contribution in [0.15, 0.2) is 42.5 Å². The zero-order valence-electron chi connectivity index (χ0n) is 14.7. The molecule has 138 valence electrons. The number of hydrogen-bond donors (Lipinski definition) is 2. The Hall–Kier alpha value is -3.62. The molecular weight excluding hydrogens is 348 g/mol. The zero-order chi connectivity index (χ0) is 18.6. The molecule has 4 rings (SSSR count). The fraction of sp³-hybridized carbons (Fsp3) is 0.222. The van der Waals surface area contributed by atoms with Crippen molar-refractivity contribution in [3.63, 3.8) is 0 Å². The third kappa shape index (κ3) is 3.81. The van der Waals surface area contributed by atoms with Crippen LogP contribution in [0.1, 0.15) is 0 Å². The first-order valence-corrected chi connectivity index (χ1v) is 8.45. The summed E-state index contributed by atoms with van der Waals surface area (Å²) in [6, 6.07) is 12.9. The molecule has 0 aliphatic carbocycles. The predicted molar refractivity (Wildman–Crippen MR) is 98.8 cm³/mol. The second-order valence-electron chi connectivity index (χ2n) is 5.97. The van der Waals surface area contributed by atoms with Gasteiger partial charge in [0.1, 0.15) is 13.2 Å². The molecule has 0 atom stereocenters. The molecule has 0 fully saturated rings. The lowest BCUT2D eigenvalue weighted by Crippen LogP contribution is -2.22. The maximum atomic E-state index is 12.2. The van der Waals surface area contributed by atoms with Crippen molar-refractivity contribution in [2.24, 2.45) is 7.05 Å². The highest BCUT2D eigenvalue weighted by molar-refractivity contribution is 5.94. The number of ether oxygens (including phenoxy) is 2. The Morgan fingerprint density at radius 1 is 1.11 bits per heavy atom. The van der Waals surface area contributed by atoms with E-state index in [1.807, 2.05) is 24.3 Å². The fourth-order valence-corrected chi connectivity index (χ4v) is 2.75. The Kier molecular flexibility index (Phi) is 4.56. The minimum Gasteiger partial charge on any atom is -0.486 e. The van der Waals surface area contributed by atoms with E-state index in [0.29, 0.717) is 36.2 Å². The van der Waals surface area contributed by atoms with Crippen LogP contribution in [0.2, 0.25) is 0 Å². The van der Waals surface area contributed by atoms with Gasteiger partial charge in [0.15, 0.2) is 17.3 Å². The molecule has 3 aromatic rings. The molecule has 1 aromatic heterocycles. The van der Waals surface area contributed by atoms with Gasteiger partial charge in [0.05, 0.1) is 6.54 Å². The number of aryl methyl sites for hydroxylation is 1. The Bertz CT molecular complexity index is 971. The van der Waals surface area contributed by atoms with Crippen LogP contribution in [0.4, 0.5) is 11.4 Å². The predicted octanol–water partition coefficient (Wildman–Crippen LogP) is 1.70. The molecule has 0 radical (unpaired) electrons. The van der Waals surface area contributed by atoms with Gasteiger partial charge in [-0.2, -0.15) is 0 Å². The van der Waals surface area contributed by atoms with E-state index < -0.39 is 0 Å². The van der Waals surface area contributed by atoms with E-state index in [9.17, 15) is 4.79 Å². The van der Waals surface area contributed by atoms with Gasteiger partial charge in [-0.1, -0.05) is 12.1 Å². The highest BCUT2D eigenvalue weighted by Crippen LogP contribution is 2.32. The lowest BCUT2D eigenvalue weighted by atomic mass is 10.2. The summed E-state index contributed by atoms with van der Waals surface area (Å²) in [5.41, 5.74) is 2.32. The highest BCUT2D eigenvalue weighted by atomic mass is 16.6. The Balaban J connectivity index is 1.38. The smallest absolute Gasteiger partial charge is 0.243 e. The molecule has 0 spiro atoms. The van der Waals surface area contributed by atoms with Crippen molar-refractivity contribution in [2.45, 2.75) is 0 Å².